The Morgan fingerprint density at radius 1 is 1.25 bits per heavy atom. The van der Waals surface area contributed by atoms with Crippen LogP contribution in [0.15, 0.2) is 41.2 Å². The lowest BCUT2D eigenvalue weighted by molar-refractivity contribution is -0.139. The van der Waals surface area contributed by atoms with Gasteiger partial charge in [0.25, 0.3) is 5.56 Å². The second kappa shape index (κ2) is 6.21. The molecule has 3 rings (SSSR count). The average Bonchev–Trinajstić information content (AvgIpc) is 2.53. The van der Waals surface area contributed by atoms with Crippen molar-refractivity contribution in [2.45, 2.75) is 0 Å². The number of fused-ring (bicyclic) bond motifs is 1. The van der Waals surface area contributed by atoms with Crippen LogP contribution in [0.25, 0.3) is 22.3 Å². The molecule has 0 spiro atoms. The number of carboxylic acid groups (broad SMARTS) is 1. The number of aromatic amines is 1. The van der Waals surface area contributed by atoms with Crippen molar-refractivity contribution < 1.29 is 19.7 Å². The summed E-state index contributed by atoms with van der Waals surface area (Å²) in [6.45, 7) is -0.511. The van der Waals surface area contributed by atoms with E-state index in [-0.39, 0.29) is 27.9 Å². The third-order valence-corrected chi connectivity index (χ3v) is 3.54. The zero-order valence-electron chi connectivity index (χ0n) is 12.1. The third-order valence-electron chi connectivity index (χ3n) is 3.25. The molecule has 122 valence electrons. The van der Waals surface area contributed by atoms with E-state index in [2.05, 4.69) is 9.97 Å². The number of ether oxygens (including phenoxy) is 1. The van der Waals surface area contributed by atoms with Gasteiger partial charge in [0.2, 0.25) is 0 Å². The molecule has 0 aliphatic carbocycles. The van der Waals surface area contributed by atoms with Gasteiger partial charge in [-0.1, -0.05) is 11.6 Å². The Kier molecular flexibility index (Phi) is 4.09. The van der Waals surface area contributed by atoms with Crippen LogP contribution in [0.5, 0.6) is 11.5 Å². The predicted octanol–water partition coefficient (Wildman–Crippen LogP) is 2.41. The molecule has 1 heterocycles. The van der Waals surface area contributed by atoms with Gasteiger partial charge < -0.3 is 19.9 Å². The molecule has 0 unspecified atom stereocenters. The number of rotatable bonds is 4. The lowest BCUT2D eigenvalue weighted by Gasteiger charge is -2.08. The number of H-pyrrole nitrogens is 1. The van der Waals surface area contributed by atoms with Crippen LogP contribution in [-0.4, -0.2) is 32.8 Å². The number of aromatic nitrogens is 2. The van der Waals surface area contributed by atoms with Crippen molar-refractivity contribution in [1.29, 1.82) is 0 Å². The number of hydrogen-bond acceptors (Lipinski definition) is 5. The minimum absolute atomic E-state index is 0.00185. The molecule has 0 aliphatic rings. The fourth-order valence-electron chi connectivity index (χ4n) is 2.17. The lowest BCUT2D eigenvalue weighted by Crippen LogP contribution is -2.10. The van der Waals surface area contributed by atoms with E-state index in [1.54, 1.807) is 6.07 Å². The Labute approximate surface area is 140 Å². The Bertz CT molecular complexity index is 999. The van der Waals surface area contributed by atoms with Gasteiger partial charge in [0.05, 0.1) is 15.9 Å². The van der Waals surface area contributed by atoms with Gasteiger partial charge >= 0.3 is 5.97 Å². The summed E-state index contributed by atoms with van der Waals surface area (Å²) < 4.78 is 5.04. The molecule has 3 aromatic rings. The highest BCUT2D eigenvalue weighted by Crippen LogP contribution is 2.29. The van der Waals surface area contributed by atoms with E-state index in [1.165, 1.54) is 30.3 Å². The van der Waals surface area contributed by atoms with Crippen LogP contribution in [0.1, 0.15) is 0 Å². The number of phenolic OH excluding ortho intramolecular Hbond substituents is 1. The smallest absolute Gasteiger partial charge is 0.341 e. The molecule has 8 heteroatoms. The summed E-state index contributed by atoms with van der Waals surface area (Å²) in [5.74, 6) is -0.633. The average molecular weight is 347 g/mol. The summed E-state index contributed by atoms with van der Waals surface area (Å²) in [5.41, 5.74) is 0.512. The molecule has 0 fully saturated rings. The lowest BCUT2D eigenvalue weighted by atomic mass is 10.2. The summed E-state index contributed by atoms with van der Waals surface area (Å²) in [6.07, 6.45) is 0. The van der Waals surface area contributed by atoms with E-state index in [9.17, 15) is 14.7 Å². The van der Waals surface area contributed by atoms with Crippen LogP contribution in [-0.2, 0) is 4.79 Å². The minimum atomic E-state index is -1.12. The molecular formula is C16H11ClN2O5. The maximum Gasteiger partial charge on any atom is 0.341 e. The Balaban J connectivity index is 2.02. The number of benzene rings is 2. The molecule has 0 aliphatic heterocycles. The summed E-state index contributed by atoms with van der Waals surface area (Å²) >= 11 is 6.07. The summed E-state index contributed by atoms with van der Waals surface area (Å²) in [6, 6.07) is 8.87. The Hall–Kier alpha value is -3.06. The van der Waals surface area contributed by atoms with Gasteiger partial charge in [-0.3, -0.25) is 4.79 Å². The first kappa shape index (κ1) is 15.8. The zero-order valence-corrected chi connectivity index (χ0v) is 12.9. The van der Waals surface area contributed by atoms with E-state index in [0.29, 0.717) is 16.5 Å². The van der Waals surface area contributed by atoms with Crippen LogP contribution in [0, 0.1) is 0 Å². The van der Waals surface area contributed by atoms with Crippen molar-refractivity contribution in [2.75, 3.05) is 6.61 Å². The largest absolute Gasteiger partial charge is 0.508 e. The Morgan fingerprint density at radius 3 is 2.75 bits per heavy atom. The first-order valence-electron chi connectivity index (χ1n) is 6.81. The number of hydrogen-bond donors (Lipinski definition) is 3. The third kappa shape index (κ3) is 3.16. The van der Waals surface area contributed by atoms with Crippen LogP contribution >= 0.6 is 11.6 Å². The molecule has 0 bridgehead atoms. The number of phenols is 1. The van der Waals surface area contributed by atoms with Gasteiger partial charge in [0.1, 0.15) is 17.3 Å². The second-order valence-corrected chi connectivity index (χ2v) is 5.35. The highest BCUT2D eigenvalue weighted by Gasteiger charge is 2.10. The van der Waals surface area contributed by atoms with Crippen molar-refractivity contribution in [1.82, 2.24) is 9.97 Å². The number of aromatic hydroxyl groups is 1. The highest BCUT2D eigenvalue weighted by atomic mass is 35.5. The fraction of sp³-hybridized carbons (Fsp3) is 0.0625. The van der Waals surface area contributed by atoms with Crippen molar-refractivity contribution in [3.63, 3.8) is 0 Å². The van der Waals surface area contributed by atoms with Gasteiger partial charge in [-0.05, 0) is 30.3 Å². The van der Waals surface area contributed by atoms with Gasteiger partial charge in [0.15, 0.2) is 6.61 Å². The quantitative estimate of drug-likeness (QED) is 0.668. The number of halogens is 1. The second-order valence-electron chi connectivity index (χ2n) is 4.94. The van der Waals surface area contributed by atoms with Crippen molar-refractivity contribution in [3.8, 4) is 22.9 Å². The maximum absolute atomic E-state index is 12.1. The van der Waals surface area contributed by atoms with Crippen LogP contribution in [0.3, 0.4) is 0 Å². The van der Waals surface area contributed by atoms with Crippen LogP contribution in [0.2, 0.25) is 5.02 Å². The molecular weight excluding hydrogens is 336 g/mol. The molecule has 0 saturated carbocycles. The molecule has 0 atom stereocenters. The summed E-state index contributed by atoms with van der Waals surface area (Å²) in [7, 11) is 0. The zero-order chi connectivity index (χ0) is 17.3. The number of nitrogens with zero attached hydrogens (tertiary/aromatic N) is 1. The minimum Gasteiger partial charge on any atom is -0.508 e. The SMILES string of the molecule is O=C(O)COc1ccc(-c2nc3cc(O)ccc3c(=O)[nH]2)cc1Cl. The monoisotopic (exact) mass is 346 g/mol. The van der Waals surface area contributed by atoms with E-state index in [0.717, 1.165) is 0 Å². The van der Waals surface area contributed by atoms with E-state index in [4.69, 9.17) is 21.4 Å². The van der Waals surface area contributed by atoms with Gasteiger partial charge in [-0.25, -0.2) is 9.78 Å². The molecule has 7 nitrogen and oxygen atoms in total. The number of nitrogens with one attached hydrogen (secondary N) is 1. The van der Waals surface area contributed by atoms with Gasteiger partial charge in [-0.15, -0.1) is 0 Å². The molecule has 1 aromatic heterocycles. The summed E-state index contributed by atoms with van der Waals surface area (Å²) in [5, 5.41) is 18.7. The summed E-state index contributed by atoms with van der Waals surface area (Å²) in [4.78, 5) is 29.6. The number of carbonyl (C=O) groups is 1. The number of aliphatic carboxylic acids is 1. The van der Waals surface area contributed by atoms with Crippen molar-refractivity contribution >= 4 is 28.5 Å². The van der Waals surface area contributed by atoms with Crippen LogP contribution < -0.4 is 10.3 Å². The topological polar surface area (TPSA) is 113 Å². The molecule has 3 N–H and O–H groups in total. The van der Waals surface area contributed by atoms with E-state index < -0.39 is 12.6 Å². The van der Waals surface area contributed by atoms with Crippen molar-refractivity contribution in [2.24, 2.45) is 0 Å². The van der Waals surface area contributed by atoms with E-state index >= 15 is 0 Å². The van der Waals surface area contributed by atoms with E-state index in [1.807, 2.05) is 0 Å². The van der Waals surface area contributed by atoms with Gasteiger partial charge in [-0.2, -0.15) is 0 Å². The van der Waals surface area contributed by atoms with Gasteiger partial charge in [0, 0.05) is 11.6 Å². The molecule has 0 radical (unpaired) electrons. The number of carboxylic acids is 1. The fourth-order valence-corrected chi connectivity index (χ4v) is 2.40. The van der Waals surface area contributed by atoms with Crippen molar-refractivity contribution in [3.05, 3.63) is 51.8 Å². The standard InChI is InChI=1S/C16H11ClN2O5/c17-11-5-8(1-4-13(11)24-7-14(21)22)15-18-12-6-9(20)2-3-10(12)16(23)19-15/h1-6,20H,7H2,(H,21,22)(H,18,19,23). The first-order valence-corrected chi connectivity index (χ1v) is 7.19. The Morgan fingerprint density at radius 2 is 2.04 bits per heavy atom. The van der Waals surface area contributed by atoms with Crippen LogP contribution in [0.4, 0.5) is 0 Å². The predicted molar refractivity (Wildman–Crippen MR) is 87.6 cm³/mol. The first-order chi connectivity index (χ1) is 11.4. The normalized spacial score (nSPS) is 10.7. The molecule has 0 amide bonds. The highest BCUT2D eigenvalue weighted by molar-refractivity contribution is 6.32. The molecule has 24 heavy (non-hydrogen) atoms. The molecule has 0 saturated heterocycles. The maximum atomic E-state index is 12.1. The molecule has 2 aromatic carbocycles.